The molecule has 0 amide bonds. The molecule has 1 aromatic carbocycles. The summed E-state index contributed by atoms with van der Waals surface area (Å²) in [5.74, 6) is -1.91. The highest BCUT2D eigenvalue weighted by Gasteiger charge is 2.22. The van der Waals surface area contributed by atoms with E-state index < -0.39 is 22.8 Å². The van der Waals surface area contributed by atoms with E-state index in [1.807, 2.05) is 18.2 Å². The Balaban J connectivity index is 0.00000208. The van der Waals surface area contributed by atoms with Crippen molar-refractivity contribution in [1.82, 2.24) is 4.98 Å². The number of carbonyl (C=O) groups is 1. The van der Waals surface area contributed by atoms with Crippen LogP contribution in [0.2, 0.25) is 0 Å². The Bertz CT molecular complexity index is 848. The molecule has 0 atom stereocenters. The summed E-state index contributed by atoms with van der Waals surface area (Å²) in [6, 6.07) is 5.58. The minimum absolute atomic E-state index is 0. The molecule has 3 rings (SSSR count). The largest absolute Gasteiger partial charge is 0.506 e. The molecule has 0 saturated carbocycles. The van der Waals surface area contributed by atoms with Gasteiger partial charge in [0.2, 0.25) is 0 Å². The number of carboxylic acid groups (broad SMARTS) is 1. The van der Waals surface area contributed by atoms with Gasteiger partial charge in [-0.15, -0.1) is 12.4 Å². The molecule has 24 heavy (non-hydrogen) atoms. The van der Waals surface area contributed by atoms with Gasteiger partial charge in [0.15, 0.2) is 5.56 Å². The number of nitrogens with one attached hydrogen (secondary N) is 3. The standard InChI is InChI=1S/C16H17N3O4.ClH/c1-2-9-13(19-15(21)12(14(9)20)16(22)23)8-3-4-10-11(7-8)18-6-5-17-10;/h3-4,7,17-18H,2,5-6H2,1H3,(H,22,23)(H2,19,20,21);1H. The number of benzene rings is 1. The lowest BCUT2D eigenvalue weighted by Gasteiger charge is -2.21. The van der Waals surface area contributed by atoms with Crippen LogP contribution >= 0.6 is 12.4 Å². The lowest BCUT2D eigenvalue weighted by molar-refractivity contribution is 0.0691. The summed E-state index contributed by atoms with van der Waals surface area (Å²) in [4.78, 5) is 25.8. The number of anilines is 2. The minimum atomic E-state index is -1.44. The molecular weight excluding hydrogens is 334 g/mol. The molecule has 1 aliphatic heterocycles. The van der Waals surface area contributed by atoms with Gasteiger partial charge in [0.1, 0.15) is 5.75 Å². The van der Waals surface area contributed by atoms with E-state index in [4.69, 9.17) is 5.11 Å². The summed E-state index contributed by atoms with van der Waals surface area (Å²) < 4.78 is 0. The first-order valence-corrected chi connectivity index (χ1v) is 7.36. The Kier molecular flexibility index (Phi) is 5.04. The van der Waals surface area contributed by atoms with Crippen LogP contribution in [0.25, 0.3) is 11.3 Å². The van der Waals surface area contributed by atoms with Crippen molar-refractivity contribution in [2.24, 2.45) is 0 Å². The van der Waals surface area contributed by atoms with E-state index in [1.165, 1.54) is 0 Å². The fraction of sp³-hybridized carbons (Fsp3) is 0.250. The van der Waals surface area contributed by atoms with Gasteiger partial charge in [-0.2, -0.15) is 0 Å². The van der Waals surface area contributed by atoms with Gasteiger partial charge < -0.3 is 25.8 Å². The van der Waals surface area contributed by atoms with Crippen LogP contribution in [0.15, 0.2) is 23.0 Å². The van der Waals surface area contributed by atoms with Crippen molar-refractivity contribution in [2.75, 3.05) is 23.7 Å². The van der Waals surface area contributed by atoms with Crippen LogP contribution in [0.4, 0.5) is 11.4 Å². The van der Waals surface area contributed by atoms with E-state index in [1.54, 1.807) is 6.92 Å². The summed E-state index contributed by atoms with van der Waals surface area (Å²) in [6.45, 7) is 3.41. The maximum absolute atomic E-state index is 12.0. The van der Waals surface area contributed by atoms with E-state index in [-0.39, 0.29) is 12.4 Å². The molecule has 0 bridgehead atoms. The van der Waals surface area contributed by atoms with Crippen LogP contribution in [0.5, 0.6) is 5.75 Å². The number of fused-ring (bicyclic) bond motifs is 1. The second-order valence-electron chi connectivity index (χ2n) is 5.30. The van der Waals surface area contributed by atoms with E-state index in [0.717, 1.165) is 24.5 Å². The molecule has 8 heteroatoms. The molecule has 2 heterocycles. The van der Waals surface area contributed by atoms with Crippen molar-refractivity contribution < 1.29 is 15.0 Å². The highest BCUT2D eigenvalue weighted by atomic mass is 35.5. The summed E-state index contributed by atoms with van der Waals surface area (Å²) in [5, 5.41) is 25.8. The van der Waals surface area contributed by atoms with Gasteiger partial charge in [0, 0.05) is 24.2 Å². The van der Waals surface area contributed by atoms with Crippen molar-refractivity contribution in [3.8, 4) is 17.0 Å². The predicted molar refractivity (Wildman–Crippen MR) is 94.7 cm³/mol. The van der Waals surface area contributed by atoms with E-state index in [9.17, 15) is 14.7 Å². The second kappa shape index (κ2) is 6.84. The summed E-state index contributed by atoms with van der Waals surface area (Å²) in [7, 11) is 0. The van der Waals surface area contributed by atoms with Gasteiger partial charge >= 0.3 is 5.97 Å². The van der Waals surface area contributed by atoms with Gasteiger partial charge in [-0.25, -0.2) is 4.79 Å². The SMILES string of the molecule is CCc1c(-c2ccc3c(c2)NCCN3)[nH]c(=O)c(C(=O)O)c1O.Cl. The zero-order valence-corrected chi connectivity index (χ0v) is 13.8. The molecule has 0 saturated heterocycles. The quantitative estimate of drug-likeness (QED) is 0.579. The van der Waals surface area contributed by atoms with E-state index >= 15 is 0 Å². The summed E-state index contributed by atoms with van der Waals surface area (Å²) in [5.41, 5.74) is 1.99. The fourth-order valence-electron chi connectivity index (χ4n) is 2.81. The Hall–Kier alpha value is -2.67. The molecule has 0 fully saturated rings. The van der Waals surface area contributed by atoms with Crippen LogP contribution in [-0.4, -0.2) is 34.3 Å². The molecule has 0 spiro atoms. The van der Waals surface area contributed by atoms with Crippen molar-refractivity contribution in [1.29, 1.82) is 0 Å². The normalized spacial score (nSPS) is 12.4. The lowest BCUT2D eigenvalue weighted by Crippen LogP contribution is -2.21. The molecule has 0 aliphatic carbocycles. The molecule has 2 aromatic rings. The third-order valence-corrected chi connectivity index (χ3v) is 3.92. The van der Waals surface area contributed by atoms with Crippen LogP contribution in [0.3, 0.4) is 0 Å². The van der Waals surface area contributed by atoms with Gasteiger partial charge in [0.05, 0.1) is 17.1 Å². The van der Waals surface area contributed by atoms with Crippen molar-refractivity contribution >= 4 is 29.8 Å². The van der Waals surface area contributed by atoms with Crippen LogP contribution in [0.1, 0.15) is 22.8 Å². The van der Waals surface area contributed by atoms with Gasteiger partial charge in [-0.3, -0.25) is 4.79 Å². The number of hydrogen-bond donors (Lipinski definition) is 5. The number of carboxylic acids is 1. The lowest BCUT2D eigenvalue weighted by atomic mass is 9.99. The van der Waals surface area contributed by atoms with Crippen LogP contribution in [-0.2, 0) is 6.42 Å². The monoisotopic (exact) mass is 351 g/mol. The molecule has 1 aliphatic rings. The number of aromatic nitrogens is 1. The molecule has 5 N–H and O–H groups in total. The number of rotatable bonds is 3. The Morgan fingerprint density at radius 3 is 2.50 bits per heavy atom. The Labute approximate surface area is 144 Å². The number of H-pyrrole nitrogens is 1. The maximum Gasteiger partial charge on any atom is 0.345 e. The number of halogens is 1. The third kappa shape index (κ3) is 2.90. The van der Waals surface area contributed by atoms with E-state index in [0.29, 0.717) is 23.2 Å². The predicted octanol–water partition coefficient (Wildman–Crippen LogP) is 2.27. The first-order chi connectivity index (χ1) is 11.0. The topological polar surface area (TPSA) is 114 Å². The number of aromatic carboxylic acids is 1. The van der Waals surface area contributed by atoms with E-state index in [2.05, 4.69) is 15.6 Å². The summed E-state index contributed by atoms with van der Waals surface area (Å²) in [6.07, 6.45) is 0.390. The minimum Gasteiger partial charge on any atom is -0.506 e. The van der Waals surface area contributed by atoms with Gasteiger partial charge in [0.25, 0.3) is 5.56 Å². The average Bonchev–Trinajstić information content (AvgIpc) is 2.53. The number of aromatic hydroxyl groups is 1. The number of pyridine rings is 1. The molecular formula is C16H18ClN3O4. The molecule has 1 aromatic heterocycles. The molecule has 7 nitrogen and oxygen atoms in total. The van der Waals surface area contributed by atoms with Crippen molar-refractivity contribution in [3.05, 3.63) is 39.7 Å². The van der Waals surface area contributed by atoms with Crippen molar-refractivity contribution in [3.63, 3.8) is 0 Å². The zero-order chi connectivity index (χ0) is 16.6. The highest BCUT2D eigenvalue weighted by Crippen LogP contribution is 2.34. The van der Waals surface area contributed by atoms with Crippen LogP contribution < -0.4 is 16.2 Å². The van der Waals surface area contributed by atoms with Crippen LogP contribution in [0, 0.1) is 0 Å². The molecule has 0 unspecified atom stereocenters. The zero-order valence-electron chi connectivity index (χ0n) is 13.0. The Morgan fingerprint density at radius 1 is 1.21 bits per heavy atom. The third-order valence-electron chi connectivity index (χ3n) is 3.92. The maximum atomic E-state index is 12.0. The highest BCUT2D eigenvalue weighted by molar-refractivity contribution is 5.92. The van der Waals surface area contributed by atoms with Crippen molar-refractivity contribution in [2.45, 2.75) is 13.3 Å². The first kappa shape index (κ1) is 17.7. The van der Waals surface area contributed by atoms with Gasteiger partial charge in [-0.05, 0) is 18.6 Å². The number of hydrogen-bond acceptors (Lipinski definition) is 5. The Morgan fingerprint density at radius 2 is 1.88 bits per heavy atom. The average molecular weight is 352 g/mol. The molecule has 128 valence electrons. The van der Waals surface area contributed by atoms with Gasteiger partial charge in [-0.1, -0.05) is 13.0 Å². The smallest absolute Gasteiger partial charge is 0.345 e. The second-order valence-corrected chi connectivity index (χ2v) is 5.30. The summed E-state index contributed by atoms with van der Waals surface area (Å²) >= 11 is 0. The first-order valence-electron chi connectivity index (χ1n) is 7.36. The number of aromatic amines is 1. The molecule has 0 radical (unpaired) electrons. The fourth-order valence-corrected chi connectivity index (χ4v) is 2.81.